The summed E-state index contributed by atoms with van der Waals surface area (Å²) in [6.45, 7) is 9.92. The number of halogens is 1. The van der Waals surface area contributed by atoms with E-state index in [0.29, 0.717) is 27.4 Å². The number of benzene rings is 1. The fraction of sp³-hybridized carbons (Fsp3) is 0.524. The highest BCUT2D eigenvalue weighted by atomic mass is 35.5. The summed E-state index contributed by atoms with van der Waals surface area (Å²) in [5, 5.41) is 10.4. The lowest BCUT2D eigenvalue weighted by Crippen LogP contribution is -2.19. The third-order valence-electron chi connectivity index (χ3n) is 4.22. The minimum atomic E-state index is -0.711. The molecule has 0 saturated heterocycles. The minimum absolute atomic E-state index is 0.111. The van der Waals surface area contributed by atoms with E-state index >= 15 is 0 Å². The molecule has 0 aliphatic rings. The molecule has 0 radical (unpaired) electrons. The molecule has 7 heteroatoms. The van der Waals surface area contributed by atoms with Crippen LogP contribution in [-0.2, 0) is 12.0 Å². The Morgan fingerprint density at radius 3 is 2.54 bits per heavy atom. The van der Waals surface area contributed by atoms with Crippen LogP contribution < -0.4 is 9.41 Å². The van der Waals surface area contributed by atoms with Crippen LogP contribution in [-0.4, -0.2) is 27.7 Å². The fourth-order valence-electron chi connectivity index (χ4n) is 2.68. The van der Waals surface area contributed by atoms with Crippen molar-refractivity contribution >= 4 is 29.0 Å². The maximum absolute atomic E-state index is 12.8. The Morgan fingerprint density at radius 1 is 1.29 bits per heavy atom. The Hall–Kier alpha value is -1.63. The lowest BCUT2D eigenvalue weighted by molar-refractivity contribution is 0.0689. The van der Waals surface area contributed by atoms with E-state index in [1.54, 1.807) is 32.0 Å². The molecule has 0 fully saturated rings. The van der Waals surface area contributed by atoms with Crippen molar-refractivity contribution in [2.75, 3.05) is 7.11 Å². The average Bonchev–Trinajstić information content (AvgIpc) is 2.96. The van der Waals surface area contributed by atoms with Crippen LogP contribution in [0.1, 0.15) is 63.4 Å². The number of hydrogen-bond donors (Lipinski definition) is 1. The first-order valence-electron chi connectivity index (χ1n) is 9.28. The van der Waals surface area contributed by atoms with Crippen molar-refractivity contribution in [3.8, 4) is 5.75 Å². The molecule has 28 heavy (non-hydrogen) atoms. The Kier molecular flexibility index (Phi) is 7.12. The van der Waals surface area contributed by atoms with E-state index in [-0.39, 0.29) is 11.4 Å². The van der Waals surface area contributed by atoms with E-state index in [2.05, 4.69) is 35.9 Å². The molecular formula is C21H29ClN2O3S. The molecule has 0 unspecified atom stereocenters. The van der Waals surface area contributed by atoms with Gasteiger partial charge in [0.1, 0.15) is 10.4 Å². The van der Waals surface area contributed by atoms with Gasteiger partial charge >= 0.3 is 0 Å². The van der Waals surface area contributed by atoms with Gasteiger partial charge in [0.25, 0.3) is 5.91 Å². The quantitative estimate of drug-likeness (QED) is 0.724. The first-order chi connectivity index (χ1) is 12.9. The Balaban J connectivity index is 2.43. The average molecular weight is 425 g/mol. The fourth-order valence-corrected chi connectivity index (χ4v) is 3.89. The van der Waals surface area contributed by atoms with Gasteiger partial charge in [-0.05, 0) is 83.6 Å². The summed E-state index contributed by atoms with van der Waals surface area (Å²) in [5.41, 5.74) is 0.518. The zero-order valence-electron chi connectivity index (χ0n) is 17.4. The van der Waals surface area contributed by atoms with Crippen LogP contribution in [0.2, 0.25) is 5.02 Å². The Morgan fingerprint density at radius 2 is 1.96 bits per heavy atom. The van der Waals surface area contributed by atoms with Crippen LogP contribution in [0.15, 0.2) is 29.4 Å². The first-order valence-corrected chi connectivity index (χ1v) is 10.4. The molecule has 1 amide bonds. The van der Waals surface area contributed by atoms with Crippen LogP contribution >= 0.6 is 23.1 Å². The standard InChI is InChI=1S/C21H29ClN2O3S/c1-20(2,3)24-13-14(8-7-11-21(4,5)26)19(28-24)23-18(25)16-12-15(22)9-10-17(16)27-6/h9-10,12-13,26H,7-8,11H2,1-6H3/b23-19-. The van der Waals surface area contributed by atoms with E-state index in [1.807, 2.05) is 0 Å². The van der Waals surface area contributed by atoms with E-state index in [9.17, 15) is 9.90 Å². The zero-order valence-corrected chi connectivity index (χ0v) is 18.9. The summed E-state index contributed by atoms with van der Waals surface area (Å²) in [4.78, 5) is 17.2. The number of amides is 1. The van der Waals surface area contributed by atoms with Crippen LogP contribution in [0.3, 0.4) is 0 Å². The number of aliphatic hydroxyl groups is 1. The highest BCUT2D eigenvalue weighted by Crippen LogP contribution is 2.24. The maximum atomic E-state index is 12.8. The number of methoxy groups -OCH3 is 1. The molecule has 2 rings (SSSR count). The summed E-state index contributed by atoms with van der Waals surface area (Å²) >= 11 is 7.51. The molecular weight excluding hydrogens is 396 g/mol. The molecule has 0 aliphatic heterocycles. The second-order valence-corrected chi connectivity index (χ2v) is 9.87. The Labute approximate surface area is 175 Å². The smallest absolute Gasteiger partial charge is 0.282 e. The van der Waals surface area contributed by atoms with Crippen molar-refractivity contribution in [3.05, 3.63) is 45.2 Å². The molecule has 1 N–H and O–H groups in total. The summed E-state index contributed by atoms with van der Waals surface area (Å²) in [6, 6.07) is 4.92. The highest BCUT2D eigenvalue weighted by molar-refractivity contribution is 7.04. The second kappa shape index (κ2) is 8.80. The SMILES string of the molecule is COc1ccc(Cl)cc1C(=O)/N=c1\sn(C(C)(C)C)cc1CCCC(C)(C)O. The summed E-state index contributed by atoms with van der Waals surface area (Å²) in [7, 11) is 1.51. The summed E-state index contributed by atoms with van der Waals surface area (Å²) in [6.07, 6.45) is 4.27. The zero-order chi connectivity index (χ0) is 21.1. The van der Waals surface area contributed by atoms with Crippen LogP contribution in [0.5, 0.6) is 5.75 Å². The second-order valence-electron chi connectivity index (χ2n) is 8.47. The van der Waals surface area contributed by atoms with Crippen molar-refractivity contribution in [1.82, 2.24) is 3.96 Å². The minimum Gasteiger partial charge on any atom is -0.496 e. The molecule has 0 bridgehead atoms. The van der Waals surface area contributed by atoms with Gasteiger partial charge in [0.05, 0.1) is 18.3 Å². The van der Waals surface area contributed by atoms with E-state index in [0.717, 1.165) is 18.4 Å². The molecule has 5 nitrogen and oxygen atoms in total. The topological polar surface area (TPSA) is 63.8 Å². The highest BCUT2D eigenvalue weighted by Gasteiger charge is 2.19. The van der Waals surface area contributed by atoms with E-state index in [1.165, 1.54) is 18.6 Å². The molecule has 0 atom stereocenters. The summed E-state index contributed by atoms with van der Waals surface area (Å²) in [5.74, 6) is 0.0629. The number of carbonyl (C=O) groups is 1. The Bertz CT molecular complexity index is 902. The third-order valence-corrected chi connectivity index (χ3v) is 5.83. The van der Waals surface area contributed by atoms with E-state index < -0.39 is 5.60 Å². The molecule has 1 aromatic carbocycles. The van der Waals surface area contributed by atoms with Crippen molar-refractivity contribution in [2.45, 2.75) is 65.0 Å². The van der Waals surface area contributed by atoms with Crippen LogP contribution in [0, 0.1) is 0 Å². The number of rotatable bonds is 6. The third kappa shape index (κ3) is 6.19. The first kappa shape index (κ1) is 22.7. The van der Waals surface area contributed by atoms with Crippen molar-refractivity contribution < 1.29 is 14.6 Å². The number of aryl methyl sites for hydroxylation is 1. The van der Waals surface area contributed by atoms with Crippen molar-refractivity contribution in [3.63, 3.8) is 0 Å². The van der Waals surface area contributed by atoms with Crippen molar-refractivity contribution in [2.24, 2.45) is 4.99 Å². The van der Waals surface area contributed by atoms with Gasteiger partial charge in [-0.3, -0.25) is 8.75 Å². The number of ether oxygens (including phenoxy) is 1. The molecule has 2 aromatic rings. The van der Waals surface area contributed by atoms with Gasteiger partial charge in [-0.25, -0.2) is 0 Å². The maximum Gasteiger partial charge on any atom is 0.282 e. The lowest BCUT2D eigenvalue weighted by Gasteiger charge is -2.19. The molecule has 154 valence electrons. The summed E-state index contributed by atoms with van der Waals surface area (Å²) < 4.78 is 8.07. The number of carbonyl (C=O) groups excluding carboxylic acids is 1. The lowest BCUT2D eigenvalue weighted by atomic mass is 10.00. The largest absolute Gasteiger partial charge is 0.496 e. The molecule has 1 heterocycles. The molecule has 0 aliphatic carbocycles. The molecule has 0 saturated carbocycles. The van der Waals surface area contributed by atoms with Gasteiger partial charge in [-0.2, -0.15) is 4.99 Å². The number of nitrogens with zero attached hydrogens (tertiary/aromatic N) is 2. The molecule has 1 aromatic heterocycles. The van der Waals surface area contributed by atoms with Crippen molar-refractivity contribution in [1.29, 1.82) is 0 Å². The molecule has 0 spiro atoms. The predicted molar refractivity (Wildman–Crippen MR) is 114 cm³/mol. The number of hydrogen-bond acceptors (Lipinski definition) is 4. The van der Waals surface area contributed by atoms with E-state index in [4.69, 9.17) is 16.3 Å². The predicted octanol–water partition coefficient (Wildman–Crippen LogP) is 4.80. The monoisotopic (exact) mass is 424 g/mol. The van der Waals surface area contributed by atoms with Gasteiger partial charge in [0, 0.05) is 22.3 Å². The number of aromatic nitrogens is 1. The van der Waals surface area contributed by atoms with Crippen LogP contribution in [0.25, 0.3) is 0 Å². The van der Waals surface area contributed by atoms with Gasteiger partial charge in [-0.15, -0.1) is 0 Å². The van der Waals surface area contributed by atoms with Crippen LogP contribution in [0.4, 0.5) is 0 Å². The van der Waals surface area contributed by atoms with Gasteiger partial charge in [0.2, 0.25) is 0 Å². The van der Waals surface area contributed by atoms with Gasteiger partial charge < -0.3 is 9.84 Å². The van der Waals surface area contributed by atoms with Gasteiger partial charge in [-0.1, -0.05) is 11.6 Å². The normalized spacial score (nSPS) is 13.1. The van der Waals surface area contributed by atoms with Gasteiger partial charge in [0.15, 0.2) is 0 Å².